The summed E-state index contributed by atoms with van der Waals surface area (Å²) in [4.78, 5) is 28.1. The van der Waals surface area contributed by atoms with Crippen molar-refractivity contribution < 1.29 is 9.72 Å². The second-order valence-electron chi connectivity index (χ2n) is 6.14. The topological polar surface area (TPSA) is 78.0 Å². The summed E-state index contributed by atoms with van der Waals surface area (Å²) in [5.41, 5.74) is 1.61. The van der Waals surface area contributed by atoms with E-state index >= 15 is 0 Å². The number of Topliss-reactive ketones (excluding diaryl/α,β-unsaturated/α-hetero) is 1. The number of nitro groups is 1. The van der Waals surface area contributed by atoms with Gasteiger partial charge in [-0.2, -0.15) is 0 Å². The van der Waals surface area contributed by atoms with E-state index in [0.29, 0.717) is 0 Å². The molecule has 0 unspecified atom stereocenters. The van der Waals surface area contributed by atoms with Gasteiger partial charge in [0.15, 0.2) is 5.82 Å². The molecule has 6 heteroatoms. The van der Waals surface area contributed by atoms with Crippen molar-refractivity contribution in [3.8, 4) is 5.69 Å². The monoisotopic (exact) mass is 349 g/mol. The highest BCUT2D eigenvalue weighted by Crippen LogP contribution is 2.28. The summed E-state index contributed by atoms with van der Waals surface area (Å²) in [5, 5.41) is 11.2. The normalized spacial score (nSPS) is 13.1. The molecular weight excluding hydrogens is 330 g/mol. The van der Waals surface area contributed by atoms with Gasteiger partial charge in [0.25, 0.3) is 0 Å². The zero-order valence-corrected chi connectivity index (χ0v) is 14.4. The maximum absolute atomic E-state index is 13.1. The lowest BCUT2D eigenvalue weighted by molar-refractivity contribution is -0.484. The highest BCUT2D eigenvalue weighted by molar-refractivity contribution is 5.95. The Balaban J connectivity index is 1.93. The zero-order valence-electron chi connectivity index (χ0n) is 14.4. The third-order valence-electron chi connectivity index (χ3n) is 4.49. The minimum atomic E-state index is -0.576. The van der Waals surface area contributed by atoms with Crippen LogP contribution in [0.4, 0.5) is 0 Å². The Morgan fingerprint density at radius 2 is 1.73 bits per heavy atom. The average Bonchev–Trinajstić information content (AvgIpc) is 3.16. The summed E-state index contributed by atoms with van der Waals surface area (Å²) >= 11 is 0. The van der Waals surface area contributed by atoms with Gasteiger partial charge in [0.05, 0.1) is 5.92 Å². The van der Waals surface area contributed by atoms with Gasteiger partial charge in [0, 0.05) is 28.9 Å². The van der Waals surface area contributed by atoms with Crippen LogP contribution in [-0.2, 0) is 0 Å². The molecule has 0 aliphatic carbocycles. The highest BCUT2D eigenvalue weighted by atomic mass is 16.6. The molecule has 0 spiro atoms. The lowest BCUT2D eigenvalue weighted by Gasteiger charge is -2.20. The van der Waals surface area contributed by atoms with Crippen molar-refractivity contribution in [2.24, 2.45) is 5.92 Å². The van der Waals surface area contributed by atoms with E-state index < -0.39 is 11.8 Å². The second-order valence-corrected chi connectivity index (χ2v) is 6.14. The quantitative estimate of drug-likeness (QED) is 0.370. The first-order valence-electron chi connectivity index (χ1n) is 8.37. The lowest BCUT2D eigenvalue weighted by Crippen LogP contribution is -2.27. The number of nitrogens with zero attached hydrogens (tertiary/aromatic N) is 3. The summed E-state index contributed by atoms with van der Waals surface area (Å²) < 4.78 is 1.72. The first-order valence-corrected chi connectivity index (χ1v) is 8.37. The molecule has 0 saturated heterocycles. The molecular formula is C20H19N3O3. The number of hydrogen-bond donors (Lipinski definition) is 0. The van der Waals surface area contributed by atoms with E-state index in [4.69, 9.17) is 0 Å². The number of rotatable bonds is 7. The van der Waals surface area contributed by atoms with Crippen LogP contribution in [0, 0.1) is 16.0 Å². The van der Waals surface area contributed by atoms with Gasteiger partial charge in [-0.15, -0.1) is 0 Å². The first-order chi connectivity index (χ1) is 12.6. The Morgan fingerprint density at radius 1 is 1.12 bits per heavy atom. The third-order valence-corrected chi connectivity index (χ3v) is 4.49. The predicted octanol–water partition coefficient (Wildman–Crippen LogP) is 3.75. The van der Waals surface area contributed by atoms with E-state index in [1.807, 2.05) is 60.7 Å². The Morgan fingerprint density at radius 3 is 2.35 bits per heavy atom. The third kappa shape index (κ3) is 3.69. The fourth-order valence-electron chi connectivity index (χ4n) is 3.08. The second kappa shape index (κ2) is 7.74. The Bertz CT molecular complexity index is 891. The van der Waals surface area contributed by atoms with Crippen LogP contribution < -0.4 is 0 Å². The van der Waals surface area contributed by atoms with Crippen LogP contribution >= 0.6 is 0 Å². The summed E-state index contributed by atoms with van der Waals surface area (Å²) in [5.74, 6) is -1.02. The molecule has 26 heavy (non-hydrogen) atoms. The molecule has 3 rings (SSSR count). The molecule has 0 N–H and O–H groups in total. The number of carbonyl (C=O) groups is 1. The molecule has 3 aromatic rings. The minimum Gasteiger partial charge on any atom is -0.297 e. The van der Waals surface area contributed by atoms with E-state index in [9.17, 15) is 14.9 Å². The molecule has 0 radical (unpaired) electrons. The fraction of sp³-hybridized carbons (Fsp3) is 0.200. The molecule has 6 nitrogen and oxygen atoms in total. The van der Waals surface area contributed by atoms with E-state index in [-0.39, 0.29) is 23.1 Å². The van der Waals surface area contributed by atoms with Crippen molar-refractivity contribution in [1.82, 2.24) is 9.55 Å². The molecule has 2 aromatic carbocycles. The number of benzene rings is 2. The Labute approximate surface area is 151 Å². The summed E-state index contributed by atoms with van der Waals surface area (Å²) in [7, 11) is 0. The Kier molecular flexibility index (Phi) is 5.22. The number of ketones is 1. The number of imidazole rings is 1. The van der Waals surface area contributed by atoms with Crippen molar-refractivity contribution in [2.45, 2.75) is 12.8 Å². The van der Waals surface area contributed by atoms with Crippen LogP contribution in [0.15, 0.2) is 73.1 Å². The average molecular weight is 349 g/mol. The molecule has 0 aliphatic heterocycles. The van der Waals surface area contributed by atoms with Gasteiger partial charge < -0.3 is 0 Å². The van der Waals surface area contributed by atoms with Crippen molar-refractivity contribution in [2.75, 3.05) is 6.54 Å². The van der Waals surface area contributed by atoms with Gasteiger partial charge in [-0.25, -0.2) is 4.98 Å². The van der Waals surface area contributed by atoms with Crippen LogP contribution in [-0.4, -0.2) is 26.8 Å². The lowest BCUT2D eigenvalue weighted by atomic mass is 9.84. The van der Waals surface area contributed by atoms with Gasteiger partial charge in [0.2, 0.25) is 12.3 Å². The number of aromatic nitrogens is 2. The number of hydrogen-bond acceptors (Lipinski definition) is 4. The fourth-order valence-corrected chi connectivity index (χ4v) is 3.08. The predicted molar refractivity (Wildman–Crippen MR) is 98.1 cm³/mol. The van der Waals surface area contributed by atoms with Crippen LogP contribution in [0.3, 0.4) is 0 Å². The van der Waals surface area contributed by atoms with E-state index in [0.717, 1.165) is 11.3 Å². The van der Waals surface area contributed by atoms with E-state index in [1.54, 1.807) is 23.9 Å². The summed E-state index contributed by atoms with van der Waals surface area (Å²) in [6.07, 6.45) is 3.29. The minimum absolute atomic E-state index is 0.213. The highest BCUT2D eigenvalue weighted by Gasteiger charge is 2.32. The summed E-state index contributed by atoms with van der Waals surface area (Å²) in [6.45, 7) is 1.43. The van der Waals surface area contributed by atoms with Crippen LogP contribution in [0.1, 0.15) is 29.0 Å². The molecule has 1 aromatic heterocycles. The molecule has 0 bridgehead atoms. The molecule has 0 amide bonds. The van der Waals surface area contributed by atoms with Crippen LogP contribution in [0.25, 0.3) is 5.69 Å². The number of para-hydroxylation sites is 1. The maximum Gasteiger partial charge on any atom is 0.211 e. The zero-order chi connectivity index (χ0) is 18.5. The van der Waals surface area contributed by atoms with Gasteiger partial charge in [-0.05, 0) is 17.7 Å². The van der Waals surface area contributed by atoms with Gasteiger partial charge in [0.1, 0.15) is 0 Å². The van der Waals surface area contributed by atoms with Crippen LogP contribution in [0.5, 0.6) is 0 Å². The molecule has 0 aliphatic rings. The van der Waals surface area contributed by atoms with E-state index in [2.05, 4.69) is 4.98 Å². The standard InChI is InChI=1S/C20H19N3O3/c1-15(18(14-23(25)26)16-8-4-2-5-9-16)19(24)20-21-12-13-22(20)17-10-6-3-7-11-17/h2-13,15,18H,14H2,1H3/t15-,18+/m1/s1. The SMILES string of the molecule is C[C@@H](C(=O)c1nccn1-c1ccccc1)[C@H](C[N+](=O)[O-])c1ccccc1. The van der Waals surface area contributed by atoms with Crippen molar-refractivity contribution in [1.29, 1.82) is 0 Å². The first kappa shape index (κ1) is 17.5. The van der Waals surface area contributed by atoms with Crippen molar-refractivity contribution in [3.63, 3.8) is 0 Å². The Hall–Kier alpha value is -3.28. The maximum atomic E-state index is 13.1. The molecule has 0 fully saturated rings. The van der Waals surface area contributed by atoms with Gasteiger partial charge in [-0.1, -0.05) is 55.5 Å². The molecule has 0 saturated carbocycles. The molecule has 1 heterocycles. The van der Waals surface area contributed by atoms with E-state index in [1.165, 1.54) is 0 Å². The van der Waals surface area contributed by atoms with Gasteiger partial charge in [-0.3, -0.25) is 19.5 Å². The summed E-state index contributed by atoms with van der Waals surface area (Å²) in [6, 6.07) is 18.6. The largest absolute Gasteiger partial charge is 0.297 e. The molecule has 2 atom stereocenters. The molecule has 132 valence electrons. The smallest absolute Gasteiger partial charge is 0.211 e. The van der Waals surface area contributed by atoms with Crippen molar-refractivity contribution >= 4 is 5.78 Å². The number of carbonyl (C=O) groups excluding carboxylic acids is 1. The van der Waals surface area contributed by atoms with Crippen molar-refractivity contribution in [3.05, 3.63) is 94.6 Å². The van der Waals surface area contributed by atoms with Crippen LogP contribution in [0.2, 0.25) is 0 Å². The van der Waals surface area contributed by atoms with Gasteiger partial charge >= 0.3 is 0 Å².